The smallest absolute Gasteiger partial charge is 0.126 e. The number of hydrogen-bond acceptors (Lipinski definition) is 4. The SMILES string of the molecule is COCCn1ncc(Br)c1C(O)c1ccc(Cl)cc1OC. The number of aliphatic hydroxyl groups excluding tert-OH is 1. The number of rotatable bonds is 6. The molecule has 5 nitrogen and oxygen atoms in total. The Balaban J connectivity index is 2.40. The quantitative estimate of drug-likeness (QED) is 0.843. The molecule has 1 aromatic heterocycles. The molecule has 0 spiro atoms. The van der Waals surface area contributed by atoms with E-state index < -0.39 is 6.10 Å². The topological polar surface area (TPSA) is 56.5 Å². The number of aliphatic hydroxyl groups is 1. The molecule has 1 atom stereocenters. The molecule has 0 aliphatic carbocycles. The van der Waals surface area contributed by atoms with E-state index in [0.717, 1.165) is 4.47 Å². The van der Waals surface area contributed by atoms with Gasteiger partial charge < -0.3 is 14.6 Å². The summed E-state index contributed by atoms with van der Waals surface area (Å²) in [6.07, 6.45) is 0.766. The van der Waals surface area contributed by atoms with Crippen LogP contribution in [-0.2, 0) is 11.3 Å². The van der Waals surface area contributed by atoms with Crippen molar-refractivity contribution in [2.45, 2.75) is 12.6 Å². The van der Waals surface area contributed by atoms with Crippen LogP contribution in [0.1, 0.15) is 17.4 Å². The first-order chi connectivity index (χ1) is 10.1. The molecule has 0 saturated heterocycles. The number of methoxy groups -OCH3 is 2. The zero-order valence-corrected chi connectivity index (χ0v) is 14.1. The Morgan fingerprint density at radius 3 is 2.86 bits per heavy atom. The van der Waals surface area contributed by atoms with Crippen LogP contribution in [-0.4, -0.2) is 35.7 Å². The number of ether oxygens (including phenoxy) is 2. The fraction of sp³-hybridized carbons (Fsp3) is 0.357. The van der Waals surface area contributed by atoms with Crippen molar-refractivity contribution in [2.24, 2.45) is 0 Å². The number of halogens is 2. The largest absolute Gasteiger partial charge is 0.496 e. The van der Waals surface area contributed by atoms with Crippen molar-refractivity contribution in [3.05, 3.63) is 45.1 Å². The summed E-state index contributed by atoms with van der Waals surface area (Å²) in [6.45, 7) is 1.05. The molecular formula is C14H16BrClN2O3. The van der Waals surface area contributed by atoms with Crippen LogP contribution in [0, 0.1) is 0 Å². The molecule has 1 aromatic carbocycles. The Labute approximate surface area is 136 Å². The zero-order chi connectivity index (χ0) is 15.4. The summed E-state index contributed by atoms with van der Waals surface area (Å²) in [5.74, 6) is 0.529. The van der Waals surface area contributed by atoms with Crippen LogP contribution in [0.15, 0.2) is 28.9 Å². The van der Waals surface area contributed by atoms with E-state index in [1.165, 1.54) is 0 Å². The van der Waals surface area contributed by atoms with E-state index in [1.54, 1.807) is 43.3 Å². The number of benzene rings is 1. The maximum absolute atomic E-state index is 10.7. The minimum Gasteiger partial charge on any atom is -0.496 e. The van der Waals surface area contributed by atoms with Gasteiger partial charge in [-0.3, -0.25) is 4.68 Å². The summed E-state index contributed by atoms with van der Waals surface area (Å²) >= 11 is 9.37. The van der Waals surface area contributed by atoms with Gasteiger partial charge in [0.15, 0.2) is 0 Å². The fourth-order valence-electron chi connectivity index (χ4n) is 2.06. The normalized spacial score (nSPS) is 12.4. The maximum atomic E-state index is 10.7. The Morgan fingerprint density at radius 2 is 2.19 bits per heavy atom. The Bertz CT molecular complexity index is 618. The highest BCUT2D eigenvalue weighted by Gasteiger charge is 2.22. The van der Waals surface area contributed by atoms with Crippen LogP contribution in [0.5, 0.6) is 5.75 Å². The lowest BCUT2D eigenvalue weighted by atomic mass is 10.1. The molecule has 21 heavy (non-hydrogen) atoms. The highest BCUT2D eigenvalue weighted by Crippen LogP contribution is 2.35. The lowest BCUT2D eigenvalue weighted by molar-refractivity contribution is 0.170. The van der Waals surface area contributed by atoms with Gasteiger partial charge in [0, 0.05) is 17.7 Å². The van der Waals surface area contributed by atoms with Crippen molar-refractivity contribution in [3.63, 3.8) is 0 Å². The molecule has 1 unspecified atom stereocenters. The summed E-state index contributed by atoms with van der Waals surface area (Å²) in [4.78, 5) is 0. The molecule has 0 aliphatic rings. The second-order valence-electron chi connectivity index (χ2n) is 4.38. The van der Waals surface area contributed by atoms with Crippen molar-refractivity contribution >= 4 is 27.5 Å². The summed E-state index contributed by atoms with van der Waals surface area (Å²) < 4.78 is 12.8. The molecule has 0 radical (unpaired) electrons. The van der Waals surface area contributed by atoms with Gasteiger partial charge in [-0.05, 0) is 28.1 Å². The highest BCUT2D eigenvalue weighted by molar-refractivity contribution is 9.10. The van der Waals surface area contributed by atoms with Crippen molar-refractivity contribution in [2.75, 3.05) is 20.8 Å². The van der Waals surface area contributed by atoms with Gasteiger partial charge in [-0.1, -0.05) is 17.7 Å². The average Bonchev–Trinajstić information content (AvgIpc) is 2.85. The van der Waals surface area contributed by atoms with Gasteiger partial charge in [0.2, 0.25) is 0 Å². The van der Waals surface area contributed by atoms with Gasteiger partial charge in [-0.25, -0.2) is 0 Å². The van der Waals surface area contributed by atoms with E-state index in [0.29, 0.717) is 35.2 Å². The highest BCUT2D eigenvalue weighted by atomic mass is 79.9. The molecule has 2 aromatic rings. The van der Waals surface area contributed by atoms with Crippen LogP contribution >= 0.6 is 27.5 Å². The van der Waals surface area contributed by atoms with E-state index in [-0.39, 0.29) is 0 Å². The Hall–Kier alpha value is -1.08. The van der Waals surface area contributed by atoms with Gasteiger partial charge in [0.05, 0.1) is 36.6 Å². The second kappa shape index (κ2) is 7.26. The van der Waals surface area contributed by atoms with E-state index in [4.69, 9.17) is 21.1 Å². The van der Waals surface area contributed by atoms with Crippen LogP contribution in [0.2, 0.25) is 5.02 Å². The molecule has 1 heterocycles. The lowest BCUT2D eigenvalue weighted by Gasteiger charge is -2.17. The van der Waals surface area contributed by atoms with Crippen LogP contribution < -0.4 is 4.74 Å². The molecule has 0 fully saturated rings. The molecule has 2 rings (SSSR count). The monoisotopic (exact) mass is 374 g/mol. The molecule has 0 saturated carbocycles. The van der Waals surface area contributed by atoms with E-state index in [9.17, 15) is 5.11 Å². The molecule has 1 N–H and O–H groups in total. The third-order valence-corrected chi connectivity index (χ3v) is 3.94. The average molecular weight is 376 g/mol. The zero-order valence-electron chi connectivity index (χ0n) is 11.7. The molecule has 0 bridgehead atoms. The van der Waals surface area contributed by atoms with Gasteiger partial charge in [-0.15, -0.1) is 0 Å². The van der Waals surface area contributed by atoms with Gasteiger partial charge in [0.1, 0.15) is 11.9 Å². The Kier molecular flexibility index (Phi) is 5.64. The number of aromatic nitrogens is 2. The summed E-state index contributed by atoms with van der Waals surface area (Å²) in [5, 5.41) is 15.5. The third-order valence-electron chi connectivity index (χ3n) is 3.09. The van der Waals surface area contributed by atoms with E-state index >= 15 is 0 Å². The van der Waals surface area contributed by atoms with Crippen molar-refractivity contribution in [3.8, 4) is 5.75 Å². The standard InChI is InChI=1S/C14H16BrClN2O3/c1-20-6-5-18-13(11(15)8-17-18)14(19)10-4-3-9(16)7-12(10)21-2/h3-4,7-8,14,19H,5-6H2,1-2H3. The second-order valence-corrected chi connectivity index (χ2v) is 5.67. The minimum absolute atomic E-state index is 0.506. The van der Waals surface area contributed by atoms with Crippen LogP contribution in [0.25, 0.3) is 0 Å². The first-order valence-corrected chi connectivity index (χ1v) is 7.47. The van der Waals surface area contributed by atoms with Crippen LogP contribution in [0.3, 0.4) is 0 Å². The van der Waals surface area contributed by atoms with Gasteiger partial charge in [-0.2, -0.15) is 5.10 Å². The Morgan fingerprint density at radius 1 is 1.43 bits per heavy atom. The summed E-state index contributed by atoms with van der Waals surface area (Å²) in [7, 11) is 3.16. The van der Waals surface area contributed by atoms with Crippen molar-refractivity contribution in [1.29, 1.82) is 0 Å². The first kappa shape index (κ1) is 16.3. The molecule has 0 aliphatic heterocycles. The summed E-state index contributed by atoms with van der Waals surface area (Å²) in [6, 6.07) is 5.13. The number of nitrogens with zero attached hydrogens (tertiary/aromatic N) is 2. The predicted molar refractivity (Wildman–Crippen MR) is 83.9 cm³/mol. The molecule has 114 valence electrons. The summed E-state index contributed by atoms with van der Waals surface area (Å²) in [5.41, 5.74) is 1.27. The van der Waals surface area contributed by atoms with E-state index in [1.807, 2.05) is 0 Å². The predicted octanol–water partition coefficient (Wildman–Crippen LogP) is 3.04. The third kappa shape index (κ3) is 3.58. The molecule has 7 heteroatoms. The van der Waals surface area contributed by atoms with Gasteiger partial charge in [0.25, 0.3) is 0 Å². The van der Waals surface area contributed by atoms with E-state index in [2.05, 4.69) is 21.0 Å². The number of hydrogen-bond donors (Lipinski definition) is 1. The minimum atomic E-state index is -0.883. The van der Waals surface area contributed by atoms with Crippen molar-refractivity contribution in [1.82, 2.24) is 9.78 Å². The van der Waals surface area contributed by atoms with Gasteiger partial charge >= 0.3 is 0 Å². The lowest BCUT2D eigenvalue weighted by Crippen LogP contribution is -2.14. The molecule has 0 amide bonds. The van der Waals surface area contributed by atoms with Crippen LogP contribution in [0.4, 0.5) is 0 Å². The maximum Gasteiger partial charge on any atom is 0.126 e. The fourth-order valence-corrected chi connectivity index (χ4v) is 2.73. The van der Waals surface area contributed by atoms with Crippen molar-refractivity contribution < 1.29 is 14.6 Å². The molecular weight excluding hydrogens is 360 g/mol. The first-order valence-electron chi connectivity index (χ1n) is 6.30.